The van der Waals surface area contributed by atoms with Gasteiger partial charge in [0.1, 0.15) is 23.6 Å². The van der Waals surface area contributed by atoms with Crippen molar-refractivity contribution in [2.24, 2.45) is 4.99 Å². The molecule has 0 radical (unpaired) electrons. The van der Waals surface area contributed by atoms with E-state index in [1.165, 1.54) is 17.1 Å². The summed E-state index contributed by atoms with van der Waals surface area (Å²) in [5.41, 5.74) is 2.30. The van der Waals surface area contributed by atoms with Gasteiger partial charge in [-0.05, 0) is 44.4 Å². The first kappa shape index (κ1) is 21.9. The topological polar surface area (TPSA) is 81.3 Å². The predicted molar refractivity (Wildman–Crippen MR) is 117 cm³/mol. The number of halogens is 4. The molecule has 1 saturated carbocycles. The van der Waals surface area contributed by atoms with Crippen LogP contribution in [0.4, 0.5) is 23.4 Å². The first-order chi connectivity index (χ1) is 16.6. The second-order valence-corrected chi connectivity index (χ2v) is 9.30. The molecule has 0 N–H and O–H groups in total. The van der Waals surface area contributed by atoms with Crippen molar-refractivity contribution in [2.45, 2.75) is 57.6 Å². The highest BCUT2D eigenvalue weighted by molar-refractivity contribution is 6.14. The number of benzene rings is 1. The van der Waals surface area contributed by atoms with E-state index in [4.69, 9.17) is 4.74 Å². The third kappa shape index (κ3) is 3.80. The number of ether oxygens (including phenoxy) is 1. The number of rotatable bonds is 4. The third-order valence-electron chi connectivity index (χ3n) is 6.67. The Kier molecular flexibility index (Phi) is 4.68. The van der Waals surface area contributed by atoms with E-state index in [-0.39, 0.29) is 23.7 Å². The highest BCUT2D eigenvalue weighted by Gasteiger charge is 2.41. The molecule has 1 atom stereocenters. The minimum atomic E-state index is -4.61. The van der Waals surface area contributed by atoms with Gasteiger partial charge in [0.15, 0.2) is 11.6 Å². The van der Waals surface area contributed by atoms with Crippen LogP contribution in [0.25, 0.3) is 0 Å². The van der Waals surface area contributed by atoms with Gasteiger partial charge in [-0.1, -0.05) is 0 Å². The summed E-state index contributed by atoms with van der Waals surface area (Å²) >= 11 is 0. The van der Waals surface area contributed by atoms with Crippen molar-refractivity contribution in [3.8, 4) is 5.75 Å². The van der Waals surface area contributed by atoms with Gasteiger partial charge in [0.2, 0.25) is 0 Å². The maximum atomic E-state index is 14.6. The minimum absolute atomic E-state index is 0.192. The lowest BCUT2D eigenvalue weighted by atomic mass is 10.0. The number of aliphatic imine (C=N–C) groups is 1. The summed E-state index contributed by atoms with van der Waals surface area (Å²) in [7, 11) is 0. The number of hydrogen-bond donors (Lipinski definition) is 0. The molecule has 1 unspecified atom stereocenters. The van der Waals surface area contributed by atoms with Crippen molar-refractivity contribution in [3.05, 3.63) is 58.8 Å². The molecule has 8 nitrogen and oxygen atoms in total. The Morgan fingerprint density at radius 2 is 1.91 bits per heavy atom. The van der Waals surface area contributed by atoms with Gasteiger partial charge in [0.25, 0.3) is 5.82 Å². The molecule has 182 valence electrons. The summed E-state index contributed by atoms with van der Waals surface area (Å²) in [5.74, 6) is -0.617. The van der Waals surface area contributed by atoms with E-state index >= 15 is 0 Å². The Bertz CT molecular complexity index is 1360. The first-order valence-corrected chi connectivity index (χ1v) is 11.3. The average molecular weight is 487 g/mol. The van der Waals surface area contributed by atoms with E-state index in [1.54, 1.807) is 19.1 Å². The number of fused-ring (bicyclic) bond motifs is 2. The van der Waals surface area contributed by atoms with Crippen LogP contribution in [-0.2, 0) is 19.3 Å². The van der Waals surface area contributed by atoms with E-state index in [9.17, 15) is 17.6 Å². The molecule has 0 bridgehead atoms. The van der Waals surface area contributed by atoms with E-state index in [0.717, 1.165) is 24.0 Å². The number of alkyl halides is 3. The zero-order valence-electron chi connectivity index (χ0n) is 19.0. The van der Waals surface area contributed by atoms with Crippen molar-refractivity contribution in [2.75, 3.05) is 11.4 Å². The lowest BCUT2D eigenvalue weighted by molar-refractivity contribution is -0.145. The largest absolute Gasteiger partial charge is 0.484 e. The van der Waals surface area contributed by atoms with Crippen molar-refractivity contribution in [3.63, 3.8) is 0 Å². The normalized spacial score (nSPS) is 20.3. The van der Waals surface area contributed by atoms with Gasteiger partial charge >= 0.3 is 6.18 Å². The first-order valence-electron chi connectivity index (χ1n) is 11.3. The fourth-order valence-corrected chi connectivity index (χ4v) is 4.47. The molecule has 1 aromatic carbocycles. The summed E-state index contributed by atoms with van der Waals surface area (Å²) < 4.78 is 61.1. The van der Waals surface area contributed by atoms with Crippen LogP contribution < -0.4 is 9.64 Å². The van der Waals surface area contributed by atoms with Gasteiger partial charge in [0, 0.05) is 18.2 Å². The quantitative estimate of drug-likeness (QED) is 0.516. The molecule has 0 amide bonds. The van der Waals surface area contributed by atoms with Gasteiger partial charge in [-0.15, -0.1) is 5.10 Å². The Hall–Kier alpha value is -3.57. The molecule has 6 rings (SSSR count). The SMILES string of the molecule is CC1c2nc(C(F)(F)F)nn2CCN1c1cc(C2=NCc3cc(F)c(OC4(C)CC4)cc32)ncn1. The zero-order chi connectivity index (χ0) is 24.5. The van der Waals surface area contributed by atoms with Crippen LogP contribution in [0.5, 0.6) is 5.75 Å². The third-order valence-corrected chi connectivity index (χ3v) is 6.67. The summed E-state index contributed by atoms with van der Waals surface area (Å²) in [6, 6.07) is 4.38. The number of hydrogen-bond acceptors (Lipinski definition) is 7. The molecule has 3 aliphatic rings. The fraction of sp³-hybridized carbons (Fsp3) is 0.435. The lowest BCUT2D eigenvalue weighted by Gasteiger charge is -2.33. The summed E-state index contributed by atoms with van der Waals surface area (Å²) in [6.45, 7) is 4.67. The summed E-state index contributed by atoms with van der Waals surface area (Å²) in [6.07, 6.45) is -1.45. The second kappa shape index (κ2) is 7.46. The molecule has 2 aromatic heterocycles. The molecular weight excluding hydrogens is 466 g/mol. The lowest BCUT2D eigenvalue weighted by Crippen LogP contribution is -2.38. The maximum Gasteiger partial charge on any atom is 0.453 e. The zero-order valence-corrected chi connectivity index (χ0v) is 19.0. The number of anilines is 1. The Balaban J connectivity index is 1.30. The van der Waals surface area contributed by atoms with Crippen LogP contribution in [0.3, 0.4) is 0 Å². The molecular formula is C23H21F4N7O. The molecule has 3 aromatic rings. The molecule has 1 fully saturated rings. The second-order valence-electron chi connectivity index (χ2n) is 9.30. The van der Waals surface area contributed by atoms with E-state index < -0.39 is 23.9 Å². The van der Waals surface area contributed by atoms with Crippen LogP contribution in [-0.4, -0.2) is 42.6 Å². The highest BCUT2D eigenvalue weighted by atomic mass is 19.4. The Morgan fingerprint density at radius 1 is 1.11 bits per heavy atom. The molecule has 1 aliphatic carbocycles. The van der Waals surface area contributed by atoms with Gasteiger partial charge in [-0.3, -0.25) is 4.99 Å². The number of aromatic nitrogens is 5. The molecule has 12 heteroatoms. The smallest absolute Gasteiger partial charge is 0.453 e. The van der Waals surface area contributed by atoms with Crippen LogP contribution in [0.15, 0.2) is 29.5 Å². The summed E-state index contributed by atoms with van der Waals surface area (Å²) in [5, 5.41) is 3.61. The van der Waals surface area contributed by atoms with E-state index in [0.29, 0.717) is 30.3 Å². The van der Waals surface area contributed by atoms with Crippen molar-refractivity contribution in [1.29, 1.82) is 0 Å². The maximum absolute atomic E-state index is 14.6. The fourth-order valence-electron chi connectivity index (χ4n) is 4.47. The molecule has 4 heterocycles. The van der Waals surface area contributed by atoms with Gasteiger partial charge < -0.3 is 9.64 Å². The molecule has 35 heavy (non-hydrogen) atoms. The average Bonchev–Trinajstić information content (AvgIpc) is 3.20. The number of nitrogens with zero attached hydrogens (tertiary/aromatic N) is 7. The minimum Gasteiger partial charge on any atom is -0.484 e. The molecule has 0 spiro atoms. The van der Waals surface area contributed by atoms with Crippen LogP contribution in [0.2, 0.25) is 0 Å². The Morgan fingerprint density at radius 3 is 2.66 bits per heavy atom. The van der Waals surface area contributed by atoms with Crippen molar-refractivity contribution >= 4 is 11.5 Å². The van der Waals surface area contributed by atoms with E-state index in [2.05, 4.69) is 25.0 Å². The van der Waals surface area contributed by atoms with Crippen LogP contribution >= 0.6 is 0 Å². The van der Waals surface area contributed by atoms with Gasteiger partial charge in [-0.2, -0.15) is 13.2 Å². The summed E-state index contributed by atoms with van der Waals surface area (Å²) in [4.78, 5) is 18.9. The van der Waals surface area contributed by atoms with Crippen molar-refractivity contribution in [1.82, 2.24) is 24.7 Å². The van der Waals surface area contributed by atoms with Gasteiger partial charge in [0.05, 0.1) is 30.5 Å². The highest BCUT2D eigenvalue weighted by Crippen LogP contribution is 2.41. The predicted octanol–water partition coefficient (Wildman–Crippen LogP) is 4.09. The monoisotopic (exact) mass is 487 g/mol. The standard InChI is InChI=1S/C23H21F4N7O/c1-12-20-31-21(23(25,26)27)32-34(20)6-5-33(12)18-9-16(29-11-30-18)19-14-8-17(35-22(2)3-4-22)15(24)7-13(14)10-28-19/h7-9,11-12H,3-6,10H2,1-2H3. The van der Waals surface area contributed by atoms with Crippen molar-refractivity contribution < 1.29 is 22.3 Å². The van der Waals surface area contributed by atoms with Crippen LogP contribution in [0.1, 0.15) is 61.2 Å². The van der Waals surface area contributed by atoms with Gasteiger partial charge in [-0.25, -0.2) is 24.0 Å². The molecule has 0 saturated heterocycles. The Labute approximate surface area is 197 Å². The van der Waals surface area contributed by atoms with Crippen LogP contribution in [0, 0.1) is 5.82 Å². The van der Waals surface area contributed by atoms with E-state index in [1.807, 2.05) is 11.8 Å². The molecule has 2 aliphatic heterocycles.